The lowest BCUT2D eigenvalue weighted by molar-refractivity contribution is 0.164. The van der Waals surface area contributed by atoms with Gasteiger partial charge in [-0.05, 0) is 43.0 Å². The summed E-state index contributed by atoms with van der Waals surface area (Å²) in [4.78, 5) is 0. The van der Waals surface area contributed by atoms with Crippen LogP contribution < -0.4 is 5.73 Å². The predicted molar refractivity (Wildman–Crippen MR) is 60.2 cm³/mol. The van der Waals surface area contributed by atoms with Crippen molar-refractivity contribution < 1.29 is 5.11 Å². The molecule has 0 fully saturated rings. The molecule has 0 bridgehead atoms. The minimum Gasteiger partial charge on any atom is -0.399 e. The maximum atomic E-state index is 9.64. The van der Waals surface area contributed by atoms with Gasteiger partial charge in [-0.25, -0.2) is 0 Å². The van der Waals surface area contributed by atoms with Gasteiger partial charge in [0.05, 0.1) is 6.10 Å². The molecule has 1 aromatic rings. The highest BCUT2D eigenvalue weighted by molar-refractivity contribution is 5.44. The van der Waals surface area contributed by atoms with Crippen molar-refractivity contribution in [2.24, 2.45) is 0 Å². The summed E-state index contributed by atoms with van der Waals surface area (Å²) in [6.45, 7) is 4.10. The fourth-order valence-corrected chi connectivity index (χ4v) is 1.72. The molecule has 0 aliphatic rings. The summed E-state index contributed by atoms with van der Waals surface area (Å²) in [5.74, 6) is 0. The largest absolute Gasteiger partial charge is 0.399 e. The Morgan fingerprint density at radius 2 is 2.07 bits per heavy atom. The van der Waals surface area contributed by atoms with E-state index in [9.17, 15) is 5.11 Å². The summed E-state index contributed by atoms with van der Waals surface area (Å²) >= 11 is 0. The first kappa shape index (κ1) is 11.1. The van der Waals surface area contributed by atoms with Gasteiger partial charge in [-0.15, -0.1) is 0 Å². The van der Waals surface area contributed by atoms with Crippen LogP contribution >= 0.6 is 0 Å². The average molecular weight is 193 g/mol. The summed E-state index contributed by atoms with van der Waals surface area (Å²) < 4.78 is 0. The van der Waals surface area contributed by atoms with E-state index < -0.39 is 0 Å². The van der Waals surface area contributed by atoms with Gasteiger partial charge in [0, 0.05) is 5.69 Å². The summed E-state index contributed by atoms with van der Waals surface area (Å²) in [6.07, 6.45) is 2.34. The first-order valence-electron chi connectivity index (χ1n) is 5.16. The van der Waals surface area contributed by atoms with Crippen LogP contribution in [0.25, 0.3) is 0 Å². The molecule has 0 aliphatic heterocycles. The smallest absolute Gasteiger partial charge is 0.0580 e. The molecule has 1 aromatic carbocycles. The number of aliphatic hydroxyl groups excluding tert-OH is 1. The molecular formula is C12H19NO. The van der Waals surface area contributed by atoms with Crippen LogP contribution in [0.3, 0.4) is 0 Å². The quantitative estimate of drug-likeness (QED) is 0.721. The van der Waals surface area contributed by atoms with Crippen LogP contribution in [0.15, 0.2) is 18.2 Å². The van der Waals surface area contributed by atoms with E-state index in [-0.39, 0.29) is 6.10 Å². The minimum absolute atomic E-state index is 0.235. The molecule has 2 heteroatoms. The van der Waals surface area contributed by atoms with Gasteiger partial charge in [-0.2, -0.15) is 0 Å². The van der Waals surface area contributed by atoms with Crippen molar-refractivity contribution in [2.75, 3.05) is 5.73 Å². The second-order valence-electron chi connectivity index (χ2n) is 3.90. The SMILES string of the molecule is CCCC(O)Cc1cc(C)cc(N)c1. The summed E-state index contributed by atoms with van der Waals surface area (Å²) in [6, 6.07) is 5.96. The molecule has 0 heterocycles. The summed E-state index contributed by atoms with van der Waals surface area (Å²) in [5.41, 5.74) is 8.79. The molecule has 14 heavy (non-hydrogen) atoms. The predicted octanol–water partition coefficient (Wildman–Crippen LogP) is 2.28. The third-order valence-electron chi connectivity index (χ3n) is 2.25. The third kappa shape index (κ3) is 3.38. The molecule has 78 valence electrons. The summed E-state index contributed by atoms with van der Waals surface area (Å²) in [7, 11) is 0. The van der Waals surface area contributed by atoms with Crippen molar-refractivity contribution in [3.05, 3.63) is 29.3 Å². The van der Waals surface area contributed by atoms with Crippen molar-refractivity contribution in [3.8, 4) is 0 Å². The van der Waals surface area contributed by atoms with Crippen molar-refractivity contribution in [1.29, 1.82) is 0 Å². The van der Waals surface area contributed by atoms with Gasteiger partial charge in [-0.3, -0.25) is 0 Å². The summed E-state index contributed by atoms with van der Waals surface area (Å²) in [5, 5.41) is 9.64. The zero-order valence-electron chi connectivity index (χ0n) is 8.96. The standard InChI is InChI=1S/C12H19NO/c1-3-4-12(14)8-10-5-9(2)6-11(13)7-10/h5-7,12,14H,3-4,8,13H2,1-2H3. The van der Waals surface area contributed by atoms with Crippen LogP contribution in [0.2, 0.25) is 0 Å². The normalized spacial score (nSPS) is 12.8. The van der Waals surface area contributed by atoms with Crippen LogP contribution in [-0.2, 0) is 6.42 Å². The number of aryl methyl sites for hydroxylation is 1. The van der Waals surface area contributed by atoms with Gasteiger partial charge in [0.2, 0.25) is 0 Å². The number of nitrogen functional groups attached to an aromatic ring is 1. The Bertz CT molecular complexity index is 276. The van der Waals surface area contributed by atoms with Gasteiger partial charge < -0.3 is 10.8 Å². The van der Waals surface area contributed by atoms with Crippen molar-refractivity contribution >= 4 is 5.69 Å². The molecule has 1 unspecified atom stereocenters. The molecule has 1 atom stereocenters. The molecule has 0 saturated heterocycles. The fraction of sp³-hybridized carbons (Fsp3) is 0.500. The van der Waals surface area contributed by atoms with Crippen LogP contribution in [0.1, 0.15) is 30.9 Å². The maximum Gasteiger partial charge on any atom is 0.0580 e. The molecule has 2 nitrogen and oxygen atoms in total. The van der Waals surface area contributed by atoms with Crippen molar-refractivity contribution in [3.63, 3.8) is 0 Å². The Kier molecular flexibility index (Phi) is 3.96. The highest BCUT2D eigenvalue weighted by Crippen LogP contribution is 2.14. The Hall–Kier alpha value is -1.02. The van der Waals surface area contributed by atoms with E-state index >= 15 is 0 Å². The van der Waals surface area contributed by atoms with Gasteiger partial charge in [-0.1, -0.05) is 19.4 Å². The topological polar surface area (TPSA) is 46.2 Å². The Labute approximate surface area is 85.8 Å². The molecule has 3 N–H and O–H groups in total. The second kappa shape index (κ2) is 5.01. The van der Waals surface area contributed by atoms with Gasteiger partial charge >= 0.3 is 0 Å². The van der Waals surface area contributed by atoms with Crippen molar-refractivity contribution in [1.82, 2.24) is 0 Å². The first-order valence-corrected chi connectivity index (χ1v) is 5.16. The fourth-order valence-electron chi connectivity index (χ4n) is 1.72. The molecule has 1 rings (SSSR count). The first-order chi connectivity index (χ1) is 6.61. The third-order valence-corrected chi connectivity index (χ3v) is 2.25. The lowest BCUT2D eigenvalue weighted by atomic mass is 10.0. The van der Waals surface area contributed by atoms with E-state index in [0.29, 0.717) is 6.42 Å². The van der Waals surface area contributed by atoms with Crippen LogP contribution in [0, 0.1) is 6.92 Å². The Morgan fingerprint density at radius 3 is 2.64 bits per heavy atom. The maximum absolute atomic E-state index is 9.64. The molecule has 0 radical (unpaired) electrons. The van der Waals surface area contributed by atoms with Gasteiger partial charge in [0.15, 0.2) is 0 Å². The van der Waals surface area contributed by atoms with E-state index in [1.165, 1.54) is 0 Å². The van der Waals surface area contributed by atoms with Crippen LogP contribution in [0.5, 0.6) is 0 Å². The number of hydrogen-bond acceptors (Lipinski definition) is 2. The Balaban J connectivity index is 2.66. The van der Waals surface area contributed by atoms with Crippen LogP contribution in [-0.4, -0.2) is 11.2 Å². The van der Waals surface area contributed by atoms with E-state index in [4.69, 9.17) is 5.73 Å². The zero-order chi connectivity index (χ0) is 10.6. The molecule has 0 aliphatic carbocycles. The minimum atomic E-state index is -0.235. The lowest BCUT2D eigenvalue weighted by Gasteiger charge is -2.10. The van der Waals surface area contributed by atoms with Gasteiger partial charge in [0.1, 0.15) is 0 Å². The van der Waals surface area contributed by atoms with E-state index in [0.717, 1.165) is 29.7 Å². The monoisotopic (exact) mass is 193 g/mol. The van der Waals surface area contributed by atoms with Gasteiger partial charge in [0.25, 0.3) is 0 Å². The number of anilines is 1. The van der Waals surface area contributed by atoms with Crippen molar-refractivity contribution in [2.45, 2.75) is 39.2 Å². The number of aliphatic hydroxyl groups is 1. The Morgan fingerprint density at radius 1 is 1.36 bits per heavy atom. The van der Waals surface area contributed by atoms with E-state index in [1.807, 2.05) is 19.1 Å². The highest BCUT2D eigenvalue weighted by atomic mass is 16.3. The molecule has 0 aromatic heterocycles. The molecule has 0 spiro atoms. The molecular weight excluding hydrogens is 174 g/mol. The molecule has 0 saturated carbocycles. The number of rotatable bonds is 4. The number of nitrogens with two attached hydrogens (primary N) is 1. The van der Waals surface area contributed by atoms with E-state index in [2.05, 4.69) is 13.0 Å². The zero-order valence-corrected chi connectivity index (χ0v) is 8.96. The second-order valence-corrected chi connectivity index (χ2v) is 3.90. The lowest BCUT2D eigenvalue weighted by Crippen LogP contribution is -2.10. The average Bonchev–Trinajstić information content (AvgIpc) is 2.01. The highest BCUT2D eigenvalue weighted by Gasteiger charge is 2.04. The number of hydrogen-bond donors (Lipinski definition) is 2. The number of benzene rings is 1. The van der Waals surface area contributed by atoms with E-state index in [1.54, 1.807) is 0 Å². The van der Waals surface area contributed by atoms with Crippen LogP contribution in [0.4, 0.5) is 5.69 Å². The molecule has 0 amide bonds.